The Hall–Kier alpha value is -1.18. The third kappa shape index (κ3) is 2.66. The van der Waals surface area contributed by atoms with Crippen molar-refractivity contribution >= 4 is 5.69 Å². The molecule has 78 valence electrons. The van der Waals surface area contributed by atoms with Crippen molar-refractivity contribution in [3.8, 4) is 5.75 Å². The number of phenols is 1. The van der Waals surface area contributed by atoms with Crippen LogP contribution in [0.1, 0.15) is 26.7 Å². The predicted octanol–water partition coefficient (Wildman–Crippen LogP) is 3.02. The number of benzene rings is 1. The molecular formula is C12H19NO. The summed E-state index contributed by atoms with van der Waals surface area (Å²) in [6, 6.07) is 7.52. The first-order chi connectivity index (χ1) is 6.79. The zero-order chi connectivity index (χ0) is 10.4. The SMILES string of the molecule is CCCCN(CC)c1ccccc1O. The molecule has 14 heavy (non-hydrogen) atoms. The Bertz CT molecular complexity index is 273. The third-order valence-electron chi connectivity index (χ3n) is 2.39. The molecule has 0 aliphatic heterocycles. The summed E-state index contributed by atoms with van der Waals surface area (Å²) in [5.74, 6) is 0.380. The summed E-state index contributed by atoms with van der Waals surface area (Å²) in [7, 11) is 0. The van der Waals surface area contributed by atoms with Crippen molar-refractivity contribution in [2.24, 2.45) is 0 Å². The normalized spacial score (nSPS) is 10.1. The Balaban J connectivity index is 2.73. The van der Waals surface area contributed by atoms with E-state index in [9.17, 15) is 5.11 Å². The molecule has 1 aromatic rings. The van der Waals surface area contributed by atoms with Gasteiger partial charge in [0.15, 0.2) is 0 Å². The highest BCUT2D eigenvalue weighted by atomic mass is 16.3. The number of unbranched alkanes of at least 4 members (excludes halogenated alkanes) is 1. The van der Waals surface area contributed by atoms with Crippen LogP contribution in [0.4, 0.5) is 5.69 Å². The zero-order valence-corrected chi connectivity index (χ0v) is 9.03. The van der Waals surface area contributed by atoms with E-state index < -0.39 is 0 Å². The highest BCUT2D eigenvalue weighted by molar-refractivity contribution is 5.57. The van der Waals surface area contributed by atoms with Gasteiger partial charge >= 0.3 is 0 Å². The molecule has 0 unspecified atom stereocenters. The van der Waals surface area contributed by atoms with Crippen molar-refractivity contribution in [2.75, 3.05) is 18.0 Å². The standard InChI is InChI=1S/C12H19NO/c1-3-5-10-13(4-2)11-8-6-7-9-12(11)14/h6-9,14H,3-5,10H2,1-2H3. The molecule has 0 amide bonds. The van der Waals surface area contributed by atoms with Crippen LogP contribution in [0, 0.1) is 0 Å². The van der Waals surface area contributed by atoms with Crippen molar-refractivity contribution in [3.05, 3.63) is 24.3 Å². The molecule has 0 atom stereocenters. The van der Waals surface area contributed by atoms with Crippen LogP contribution in [0.5, 0.6) is 5.75 Å². The van der Waals surface area contributed by atoms with Gasteiger partial charge in [-0.1, -0.05) is 25.5 Å². The second-order valence-electron chi connectivity index (χ2n) is 3.42. The molecule has 2 nitrogen and oxygen atoms in total. The summed E-state index contributed by atoms with van der Waals surface area (Å²) in [5, 5.41) is 9.67. The average Bonchev–Trinajstić information content (AvgIpc) is 2.21. The van der Waals surface area contributed by atoms with Gasteiger partial charge in [-0.2, -0.15) is 0 Å². The zero-order valence-electron chi connectivity index (χ0n) is 9.03. The lowest BCUT2D eigenvalue weighted by Gasteiger charge is -2.23. The Morgan fingerprint density at radius 1 is 1.21 bits per heavy atom. The molecule has 0 fully saturated rings. The number of rotatable bonds is 5. The summed E-state index contributed by atoms with van der Waals surface area (Å²) < 4.78 is 0. The van der Waals surface area contributed by atoms with Gasteiger partial charge in [0.1, 0.15) is 5.75 Å². The summed E-state index contributed by atoms with van der Waals surface area (Å²) in [6.45, 7) is 6.25. The third-order valence-corrected chi connectivity index (χ3v) is 2.39. The van der Waals surface area contributed by atoms with E-state index in [1.807, 2.05) is 18.2 Å². The maximum Gasteiger partial charge on any atom is 0.138 e. The molecule has 0 saturated carbocycles. The minimum Gasteiger partial charge on any atom is -0.506 e. The van der Waals surface area contributed by atoms with Gasteiger partial charge in [-0.05, 0) is 25.5 Å². The molecule has 1 N–H and O–H groups in total. The molecule has 0 spiro atoms. The quantitative estimate of drug-likeness (QED) is 0.777. The summed E-state index contributed by atoms with van der Waals surface area (Å²) in [5.41, 5.74) is 0.948. The lowest BCUT2D eigenvalue weighted by atomic mass is 10.2. The van der Waals surface area contributed by atoms with Gasteiger partial charge in [-0.15, -0.1) is 0 Å². The van der Waals surface area contributed by atoms with Crippen molar-refractivity contribution in [2.45, 2.75) is 26.7 Å². The second kappa shape index (κ2) is 5.53. The molecule has 0 aliphatic rings. The molecule has 1 rings (SSSR count). The fourth-order valence-electron chi connectivity index (χ4n) is 1.53. The topological polar surface area (TPSA) is 23.5 Å². The Morgan fingerprint density at radius 3 is 2.50 bits per heavy atom. The van der Waals surface area contributed by atoms with E-state index in [1.165, 1.54) is 12.8 Å². The number of hydrogen-bond acceptors (Lipinski definition) is 2. The Labute approximate surface area is 86.2 Å². The van der Waals surface area contributed by atoms with Crippen molar-refractivity contribution in [3.63, 3.8) is 0 Å². The first-order valence-corrected chi connectivity index (χ1v) is 5.32. The molecule has 0 aliphatic carbocycles. The Kier molecular flexibility index (Phi) is 4.30. The largest absolute Gasteiger partial charge is 0.506 e. The van der Waals surface area contributed by atoms with E-state index in [1.54, 1.807) is 6.07 Å². The lowest BCUT2D eigenvalue weighted by Crippen LogP contribution is -2.23. The van der Waals surface area contributed by atoms with Gasteiger partial charge in [0.05, 0.1) is 5.69 Å². The molecular weight excluding hydrogens is 174 g/mol. The first kappa shape index (κ1) is 10.9. The van der Waals surface area contributed by atoms with Crippen LogP contribution in [-0.2, 0) is 0 Å². The van der Waals surface area contributed by atoms with E-state index in [-0.39, 0.29) is 0 Å². The molecule has 0 heterocycles. The van der Waals surface area contributed by atoms with E-state index in [0.717, 1.165) is 18.8 Å². The summed E-state index contributed by atoms with van der Waals surface area (Å²) >= 11 is 0. The average molecular weight is 193 g/mol. The maximum absolute atomic E-state index is 9.67. The Morgan fingerprint density at radius 2 is 1.93 bits per heavy atom. The minimum atomic E-state index is 0.380. The predicted molar refractivity (Wildman–Crippen MR) is 60.9 cm³/mol. The van der Waals surface area contributed by atoms with Crippen LogP contribution < -0.4 is 4.90 Å². The van der Waals surface area contributed by atoms with E-state index in [0.29, 0.717) is 5.75 Å². The van der Waals surface area contributed by atoms with Crippen LogP contribution in [0.25, 0.3) is 0 Å². The van der Waals surface area contributed by atoms with E-state index in [4.69, 9.17) is 0 Å². The van der Waals surface area contributed by atoms with Crippen LogP contribution in [0.3, 0.4) is 0 Å². The first-order valence-electron chi connectivity index (χ1n) is 5.32. The van der Waals surface area contributed by atoms with Crippen LogP contribution in [0.15, 0.2) is 24.3 Å². The van der Waals surface area contributed by atoms with E-state index in [2.05, 4.69) is 18.7 Å². The molecule has 0 radical (unpaired) electrons. The summed E-state index contributed by atoms with van der Waals surface area (Å²) in [4.78, 5) is 2.21. The summed E-state index contributed by atoms with van der Waals surface area (Å²) in [6.07, 6.45) is 2.35. The van der Waals surface area contributed by atoms with Crippen molar-refractivity contribution in [1.29, 1.82) is 0 Å². The number of anilines is 1. The molecule has 2 heteroatoms. The fraction of sp³-hybridized carbons (Fsp3) is 0.500. The van der Waals surface area contributed by atoms with Gasteiger partial charge in [0, 0.05) is 13.1 Å². The fourth-order valence-corrected chi connectivity index (χ4v) is 1.53. The van der Waals surface area contributed by atoms with Crippen LogP contribution >= 0.6 is 0 Å². The van der Waals surface area contributed by atoms with E-state index >= 15 is 0 Å². The van der Waals surface area contributed by atoms with Gasteiger partial charge in [0.25, 0.3) is 0 Å². The molecule has 0 saturated heterocycles. The van der Waals surface area contributed by atoms with Gasteiger partial charge < -0.3 is 10.0 Å². The second-order valence-corrected chi connectivity index (χ2v) is 3.42. The number of hydrogen-bond donors (Lipinski definition) is 1. The smallest absolute Gasteiger partial charge is 0.138 e. The minimum absolute atomic E-state index is 0.380. The van der Waals surface area contributed by atoms with Gasteiger partial charge in [-0.3, -0.25) is 0 Å². The van der Waals surface area contributed by atoms with Crippen LogP contribution in [0.2, 0.25) is 0 Å². The van der Waals surface area contributed by atoms with Crippen molar-refractivity contribution in [1.82, 2.24) is 0 Å². The number of aromatic hydroxyl groups is 1. The molecule has 0 aromatic heterocycles. The molecule has 1 aromatic carbocycles. The monoisotopic (exact) mass is 193 g/mol. The van der Waals surface area contributed by atoms with Crippen molar-refractivity contribution < 1.29 is 5.11 Å². The number of para-hydroxylation sites is 2. The van der Waals surface area contributed by atoms with Gasteiger partial charge in [0.2, 0.25) is 0 Å². The highest BCUT2D eigenvalue weighted by Crippen LogP contribution is 2.26. The maximum atomic E-state index is 9.67. The highest BCUT2D eigenvalue weighted by Gasteiger charge is 2.06. The van der Waals surface area contributed by atoms with Crippen LogP contribution in [-0.4, -0.2) is 18.2 Å². The number of phenolic OH excluding ortho intramolecular Hbond substituents is 1. The number of nitrogens with zero attached hydrogens (tertiary/aromatic N) is 1. The molecule has 0 bridgehead atoms. The van der Waals surface area contributed by atoms with Gasteiger partial charge in [-0.25, -0.2) is 0 Å². The lowest BCUT2D eigenvalue weighted by molar-refractivity contribution is 0.473.